The van der Waals surface area contributed by atoms with Crippen molar-refractivity contribution in [2.24, 2.45) is 0 Å². The summed E-state index contributed by atoms with van der Waals surface area (Å²) >= 11 is 7.83. The third kappa shape index (κ3) is 5.61. The summed E-state index contributed by atoms with van der Waals surface area (Å²) in [6.45, 7) is 5.40. The van der Waals surface area contributed by atoms with Gasteiger partial charge < -0.3 is 9.47 Å². The summed E-state index contributed by atoms with van der Waals surface area (Å²) < 4.78 is 9.93. The Morgan fingerprint density at radius 1 is 1.12 bits per heavy atom. The third-order valence-electron chi connectivity index (χ3n) is 3.17. The summed E-state index contributed by atoms with van der Waals surface area (Å²) in [7, 11) is 1.33. The number of benzene rings is 1. The Hall–Kier alpha value is -2.31. The molecule has 26 heavy (non-hydrogen) atoms. The maximum atomic E-state index is 11.9. The minimum Gasteiger partial charge on any atom is -0.465 e. The van der Waals surface area contributed by atoms with E-state index < -0.39 is 17.7 Å². The van der Waals surface area contributed by atoms with Crippen LogP contribution < -0.4 is 5.32 Å². The van der Waals surface area contributed by atoms with E-state index in [2.05, 4.69) is 10.1 Å². The molecule has 0 aliphatic rings. The molecule has 0 atom stereocenters. The van der Waals surface area contributed by atoms with Crippen LogP contribution in [0.5, 0.6) is 0 Å². The normalized spacial score (nSPS) is 11.8. The number of hydrogen-bond donors (Lipinski definition) is 1. The molecule has 0 spiro atoms. The van der Waals surface area contributed by atoms with E-state index in [1.54, 1.807) is 57.2 Å². The molecule has 1 amide bonds. The second-order valence-electron chi connectivity index (χ2n) is 6.39. The highest BCUT2D eigenvalue weighted by Crippen LogP contribution is 2.30. The van der Waals surface area contributed by atoms with Crippen LogP contribution in [0.15, 0.2) is 35.7 Å². The number of thiophene rings is 1. The number of hydrogen-bond acceptors (Lipinski definition) is 5. The largest absolute Gasteiger partial charge is 0.465 e. The molecule has 5 nitrogen and oxygen atoms in total. The van der Waals surface area contributed by atoms with Crippen molar-refractivity contribution >= 4 is 51.8 Å². The zero-order chi connectivity index (χ0) is 19.3. The van der Waals surface area contributed by atoms with Crippen LogP contribution in [0, 0.1) is 0 Å². The molecule has 1 aromatic heterocycles. The van der Waals surface area contributed by atoms with Crippen molar-refractivity contribution in [2.75, 3.05) is 12.4 Å². The number of carbonyl (C=O) groups is 2. The molecular weight excluding hydrogens is 374 g/mol. The van der Waals surface area contributed by atoms with E-state index in [0.717, 1.165) is 10.4 Å². The molecule has 0 unspecified atom stereocenters. The minimum atomic E-state index is -0.574. The highest BCUT2D eigenvalue weighted by Gasteiger charge is 2.17. The Labute approximate surface area is 161 Å². The van der Waals surface area contributed by atoms with Crippen molar-refractivity contribution in [2.45, 2.75) is 26.4 Å². The Balaban J connectivity index is 2.16. The van der Waals surface area contributed by atoms with Gasteiger partial charge in [-0.2, -0.15) is 0 Å². The molecule has 0 aliphatic carbocycles. The lowest BCUT2D eigenvalue weighted by Crippen LogP contribution is -2.27. The lowest BCUT2D eigenvalue weighted by atomic mass is 10.1. The van der Waals surface area contributed by atoms with E-state index in [4.69, 9.17) is 16.3 Å². The molecule has 2 aromatic rings. The maximum absolute atomic E-state index is 11.9. The van der Waals surface area contributed by atoms with Gasteiger partial charge in [0.15, 0.2) is 0 Å². The minimum absolute atomic E-state index is 0.404. The highest BCUT2D eigenvalue weighted by atomic mass is 35.5. The molecule has 0 saturated carbocycles. The Morgan fingerprint density at radius 3 is 2.31 bits per heavy atom. The predicted molar refractivity (Wildman–Crippen MR) is 106 cm³/mol. The van der Waals surface area contributed by atoms with Gasteiger partial charge in [0.2, 0.25) is 0 Å². The molecule has 0 fully saturated rings. The standard InChI is InChI=1S/C19H20ClNO4S/c1-19(2,3)25-18(23)21-15-9-10-26-16(15)11-14(20)12-5-7-13(8-6-12)17(22)24-4/h5-11H,1-4H3,(H,21,23)/b14-11-. The maximum Gasteiger partial charge on any atom is 0.412 e. The van der Waals surface area contributed by atoms with Crippen LogP contribution in [0.4, 0.5) is 10.5 Å². The average Bonchev–Trinajstić information content (AvgIpc) is 2.99. The van der Waals surface area contributed by atoms with Crippen molar-refractivity contribution in [3.05, 3.63) is 51.7 Å². The van der Waals surface area contributed by atoms with Crippen molar-refractivity contribution in [3.8, 4) is 0 Å². The molecule has 1 heterocycles. The summed E-state index contributed by atoms with van der Waals surface area (Å²) in [4.78, 5) is 24.2. The molecule has 1 N–H and O–H groups in total. The molecule has 0 bridgehead atoms. The van der Waals surface area contributed by atoms with Gasteiger partial charge in [0, 0.05) is 5.03 Å². The van der Waals surface area contributed by atoms with Crippen molar-refractivity contribution in [1.82, 2.24) is 0 Å². The number of ether oxygens (including phenoxy) is 2. The molecule has 0 radical (unpaired) electrons. The van der Waals surface area contributed by atoms with Crippen LogP contribution in [0.3, 0.4) is 0 Å². The molecule has 138 valence electrons. The first kappa shape index (κ1) is 20.0. The van der Waals surface area contributed by atoms with Crippen LogP contribution in [-0.4, -0.2) is 24.8 Å². The fourth-order valence-electron chi connectivity index (χ4n) is 2.03. The van der Waals surface area contributed by atoms with Crippen molar-refractivity contribution < 1.29 is 19.1 Å². The fourth-order valence-corrected chi connectivity index (χ4v) is 3.11. The Morgan fingerprint density at radius 2 is 1.73 bits per heavy atom. The number of carbonyl (C=O) groups excluding carboxylic acids is 2. The monoisotopic (exact) mass is 393 g/mol. The summed E-state index contributed by atoms with van der Waals surface area (Å²) in [5, 5.41) is 5.05. The number of rotatable bonds is 4. The molecule has 1 aromatic carbocycles. The van der Waals surface area contributed by atoms with E-state index in [9.17, 15) is 9.59 Å². The van der Waals surface area contributed by atoms with E-state index in [-0.39, 0.29) is 0 Å². The van der Waals surface area contributed by atoms with Crippen LogP contribution in [0.2, 0.25) is 0 Å². The van der Waals surface area contributed by atoms with Gasteiger partial charge in [-0.15, -0.1) is 11.3 Å². The second-order valence-corrected chi connectivity index (χ2v) is 7.74. The van der Waals surface area contributed by atoms with E-state index in [1.807, 2.05) is 5.38 Å². The molecule has 0 saturated heterocycles. The van der Waals surface area contributed by atoms with Gasteiger partial charge in [-0.3, -0.25) is 5.32 Å². The van der Waals surface area contributed by atoms with Crippen molar-refractivity contribution in [3.63, 3.8) is 0 Å². The second kappa shape index (κ2) is 8.38. The van der Waals surface area contributed by atoms with Gasteiger partial charge in [-0.1, -0.05) is 23.7 Å². The van der Waals surface area contributed by atoms with Crippen LogP contribution in [-0.2, 0) is 9.47 Å². The van der Waals surface area contributed by atoms with Crippen LogP contribution in [0.1, 0.15) is 41.6 Å². The first-order valence-corrected chi connectivity index (χ1v) is 9.09. The molecule has 2 rings (SSSR count). The zero-order valence-electron chi connectivity index (χ0n) is 15.0. The molecular formula is C19H20ClNO4S. The van der Waals surface area contributed by atoms with Gasteiger partial charge in [0.05, 0.1) is 23.2 Å². The van der Waals surface area contributed by atoms with Gasteiger partial charge in [0.1, 0.15) is 5.60 Å². The Bertz CT molecular complexity index is 819. The van der Waals surface area contributed by atoms with Gasteiger partial charge >= 0.3 is 12.1 Å². The van der Waals surface area contributed by atoms with E-state index in [1.165, 1.54) is 18.4 Å². The number of esters is 1. The van der Waals surface area contributed by atoms with Gasteiger partial charge in [0.25, 0.3) is 0 Å². The summed E-state index contributed by atoms with van der Waals surface area (Å²) in [5.74, 6) is -0.404. The Kier molecular flexibility index (Phi) is 6.45. The lowest BCUT2D eigenvalue weighted by Gasteiger charge is -2.19. The first-order valence-electron chi connectivity index (χ1n) is 7.83. The summed E-state index contributed by atoms with van der Waals surface area (Å²) in [6.07, 6.45) is 1.23. The third-order valence-corrected chi connectivity index (χ3v) is 4.36. The number of amides is 1. The van der Waals surface area contributed by atoms with Crippen LogP contribution >= 0.6 is 22.9 Å². The summed E-state index contributed by atoms with van der Waals surface area (Å²) in [6, 6.07) is 8.54. The highest BCUT2D eigenvalue weighted by molar-refractivity contribution is 7.11. The van der Waals surface area contributed by atoms with E-state index in [0.29, 0.717) is 16.3 Å². The quantitative estimate of drug-likeness (QED) is 0.685. The number of nitrogens with one attached hydrogen (secondary N) is 1. The van der Waals surface area contributed by atoms with Gasteiger partial charge in [-0.05, 0) is 56.0 Å². The SMILES string of the molecule is COC(=O)c1ccc(/C(Cl)=C/c2sccc2NC(=O)OC(C)(C)C)cc1. The molecule has 0 aliphatic heterocycles. The predicted octanol–water partition coefficient (Wildman–Crippen LogP) is 5.62. The molecule has 7 heteroatoms. The fraction of sp³-hybridized carbons (Fsp3) is 0.263. The van der Waals surface area contributed by atoms with Gasteiger partial charge in [-0.25, -0.2) is 9.59 Å². The summed E-state index contributed by atoms with van der Waals surface area (Å²) in [5.41, 5.74) is 1.24. The number of anilines is 1. The average molecular weight is 394 g/mol. The van der Waals surface area contributed by atoms with Crippen LogP contribution in [0.25, 0.3) is 11.1 Å². The van der Waals surface area contributed by atoms with Crippen molar-refractivity contribution in [1.29, 1.82) is 0 Å². The first-order chi connectivity index (χ1) is 12.2. The smallest absolute Gasteiger partial charge is 0.412 e. The lowest BCUT2D eigenvalue weighted by molar-refractivity contribution is 0.0598. The zero-order valence-corrected chi connectivity index (χ0v) is 16.5. The van der Waals surface area contributed by atoms with E-state index >= 15 is 0 Å². The number of halogens is 1. The number of methoxy groups -OCH3 is 1. The topological polar surface area (TPSA) is 64.6 Å².